The van der Waals surface area contributed by atoms with E-state index >= 15 is 0 Å². The predicted octanol–water partition coefficient (Wildman–Crippen LogP) is 6.05. The Morgan fingerprint density at radius 2 is 1.78 bits per heavy atom. The molecule has 0 N–H and O–H groups in total. The van der Waals surface area contributed by atoms with E-state index in [2.05, 4.69) is 82.7 Å². The third-order valence-electron chi connectivity index (χ3n) is 3.03. The monoisotopic (exact) mass is 434 g/mol. The van der Waals surface area contributed by atoms with Crippen LogP contribution in [0, 0.1) is 17.4 Å². The molecule has 1 atom stereocenters. The van der Waals surface area contributed by atoms with Crippen molar-refractivity contribution in [2.45, 2.75) is 18.7 Å². The third kappa shape index (κ3) is 3.09. The molecule has 0 aliphatic rings. The van der Waals surface area contributed by atoms with Crippen LogP contribution in [0.25, 0.3) is 0 Å². The minimum absolute atomic E-state index is 0.138. The highest BCUT2D eigenvalue weighted by Crippen LogP contribution is 2.36. The van der Waals surface area contributed by atoms with Gasteiger partial charge in [0.25, 0.3) is 0 Å². The summed E-state index contributed by atoms with van der Waals surface area (Å²) >= 11 is 12.4. The largest absolute Gasteiger partial charge is 0.0840 e. The normalized spacial score (nSPS) is 12.5. The molecule has 0 fully saturated rings. The summed E-state index contributed by atoms with van der Waals surface area (Å²) in [6.07, 6.45) is 0. The quantitative estimate of drug-likeness (QED) is 0.398. The number of hydrogen-bond acceptors (Lipinski definition) is 0. The van der Waals surface area contributed by atoms with Crippen molar-refractivity contribution in [1.29, 1.82) is 0 Å². The van der Waals surface area contributed by atoms with Gasteiger partial charge in [-0.1, -0.05) is 45.7 Å². The average molecular weight is 436 g/mol. The number of benzene rings is 2. The van der Waals surface area contributed by atoms with Crippen LogP contribution in [0.3, 0.4) is 0 Å². The Balaban J connectivity index is 2.46. The molecule has 0 saturated heterocycles. The number of aryl methyl sites for hydroxylation is 2. The summed E-state index contributed by atoms with van der Waals surface area (Å²) in [5.74, 6) is 0. The molecule has 0 aliphatic carbocycles. The number of halogens is 3. The highest BCUT2D eigenvalue weighted by molar-refractivity contribution is 14.1. The SMILES string of the molecule is Cc1cc(Cl)c(C(Br)c2cccc(I)c2)cc1C. The van der Waals surface area contributed by atoms with Crippen LogP contribution >= 0.6 is 50.1 Å². The molecule has 3 heteroatoms. The number of rotatable bonds is 2. The van der Waals surface area contributed by atoms with Gasteiger partial charge in [-0.2, -0.15) is 0 Å². The molecule has 18 heavy (non-hydrogen) atoms. The summed E-state index contributed by atoms with van der Waals surface area (Å²) in [6, 6.07) is 12.6. The second kappa shape index (κ2) is 5.93. The van der Waals surface area contributed by atoms with Crippen LogP contribution in [0.15, 0.2) is 36.4 Å². The minimum atomic E-state index is 0.138. The van der Waals surface area contributed by atoms with Crippen LogP contribution in [0.5, 0.6) is 0 Å². The van der Waals surface area contributed by atoms with Crippen LogP contribution in [-0.2, 0) is 0 Å². The Kier molecular flexibility index (Phi) is 4.73. The van der Waals surface area contributed by atoms with Crippen LogP contribution < -0.4 is 0 Å². The van der Waals surface area contributed by atoms with Gasteiger partial charge in [0.05, 0.1) is 4.83 Å². The van der Waals surface area contributed by atoms with Gasteiger partial charge in [-0.25, -0.2) is 0 Å². The fourth-order valence-electron chi connectivity index (χ4n) is 1.84. The van der Waals surface area contributed by atoms with Gasteiger partial charge in [0.15, 0.2) is 0 Å². The maximum Gasteiger partial charge on any atom is 0.0659 e. The van der Waals surface area contributed by atoms with E-state index in [0.29, 0.717) is 0 Å². The highest BCUT2D eigenvalue weighted by atomic mass is 127. The van der Waals surface area contributed by atoms with Crippen molar-refractivity contribution in [2.75, 3.05) is 0 Å². The maximum absolute atomic E-state index is 6.35. The molecule has 0 amide bonds. The highest BCUT2D eigenvalue weighted by Gasteiger charge is 2.15. The zero-order chi connectivity index (χ0) is 13.3. The lowest BCUT2D eigenvalue weighted by molar-refractivity contribution is 1.15. The molecule has 2 aromatic rings. The molecule has 0 bridgehead atoms. The first-order chi connectivity index (χ1) is 8.49. The van der Waals surface area contributed by atoms with Crippen molar-refractivity contribution in [3.8, 4) is 0 Å². The molecule has 2 aromatic carbocycles. The van der Waals surface area contributed by atoms with Crippen LogP contribution in [-0.4, -0.2) is 0 Å². The first-order valence-electron chi connectivity index (χ1n) is 5.65. The Morgan fingerprint density at radius 1 is 1.11 bits per heavy atom. The molecule has 0 saturated carbocycles. The number of hydrogen-bond donors (Lipinski definition) is 0. The van der Waals surface area contributed by atoms with Gasteiger partial charge in [-0.15, -0.1) is 0 Å². The van der Waals surface area contributed by atoms with Gasteiger partial charge in [0, 0.05) is 8.59 Å². The van der Waals surface area contributed by atoms with Gasteiger partial charge >= 0.3 is 0 Å². The van der Waals surface area contributed by atoms with Crippen molar-refractivity contribution < 1.29 is 0 Å². The van der Waals surface area contributed by atoms with Crippen molar-refractivity contribution >= 4 is 50.1 Å². The van der Waals surface area contributed by atoms with E-state index in [-0.39, 0.29) is 4.83 Å². The molecule has 0 radical (unpaired) electrons. The smallest absolute Gasteiger partial charge is 0.0659 e. The molecule has 1 unspecified atom stereocenters. The molecule has 2 rings (SSSR count). The van der Waals surface area contributed by atoms with E-state index in [0.717, 1.165) is 10.6 Å². The summed E-state index contributed by atoms with van der Waals surface area (Å²) in [5.41, 5.74) is 4.85. The van der Waals surface area contributed by atoms with Crippen LogP contribution in [0.4, 0.5) is 0 Å². The van der Waals surface area contributed by atoms with Gasteiger partial charge in [0.2, 0.25) is 0 Å². The predicted molar refractivity (Wildman–Crippen MR) is 90.9 cm³/mol. The zero-order valence-electron chi connectivity index (χ0n) is 10.2. The molecular formula is C15H13BrClI. The lowest BCUT2D eigenvalue weighted by Gasteiger charge is -2.15. The van der Waals surface area contributed by atoms with E-state index < -0.39 is 0 Å². The standard InChI is InChI=1S/C15H13BrClI/c1-9-6-13(14(17)7-10(9)2)15(16)11-4-3-5-12(18)8-11/h3-8,15H,1-2H3. The molecule has 0 aliphatic heterocycles. The van der Waals surface area contributed by atoms with Crippen molar-refractivity contribution in [2.24, 2.45) is 0 Å². The van der Waals surface area contributed by atoms with E-state index in [1.807, 2.05) is 6.07 Å². The Hall–Kier alpha value is -0.0600. The first kappa shape index (κ1) is 14.4. The lowest BCUT2D eigenvalue weighted by atomic mass is 10.0. The van der Waals surface area contributed by atoms with Gasteiger partial charge in [-0.3, -0.25) is 0 Å². The summed E-state index contributed by atoms with van der Waals surface area (Å²) in [4.78, 5) is 0.138. The fourth-order valence-corrected chi connectivity index (χ4v) is 3.53. The topological polar surface area (TPSA) is 0 Å². The van der Waals surface area contributed by atoms with E-state index in [1.54, 1.807) is 0 Å². The molecule has 94 valence electrons. The second-order valence-corrected chi connectivity index (χ2v) is 6.94. The maximum atomic E-state index is 6.35. The summed E-state index contributed by atoms with van der Waals surface area (Å²) in [5, 5.41) is 0.818. The van der Waals surface area contributed by atoms with E-state index in [1.165, 1.54) is 20.3 Å². The molecule has 0 heterocycles. The van der Waals surface area contributed by atoms with Crippen molar-refractivity contribution in [1.82, 2.24) is 0 Å². The molecular weight excluding hydrogens is 422 g/mol. The molecule has 0 spiro atoms. The van der Waals surface area contributed by atoms with Gasteiger partial charge in [0.1, 0.15) is 0 Å². The van der Waals surface area contributed by atoms with Crippen molar-refractivity contribution in [3.63, 3.8) is 0 Å². The Morgan fingerprint density at radius 3 is 2.44 bits per heavy atom. The molecule has 0 nitrogen and oxygen atoms in total. The fraction of sp³-hybridized carbons (Fsp3) is 0.200. The lowest BCUT2D eigenvalue weighted by Crippen LogP contribution is -1.96. The second-order valence-electron chi connectivity index (χ2n) is 4.38. The average Bonchev–Trinajstić information content (AvgIpc) is 2.33. The zero-order valence-corrected chi connectivity index (χ0v) is 14.7. The number of alkyl halides is 1. The summed E-state index contributed by atoms with van der Waals surface area (Å²) < 4.78 is 1.23. The van der Waals surface area contributed by atoms with Gasteiger partial charge in [-0.05, 0) is 76.9 Å². The molecule has 0 aromatic heterocycles. The first-order valence-corrected chi connectivity index (χ1v) is 8.02. The van der Waals surface area contributed by atoms with E-state index in [9.17, 15) is 0 Å². The summed E-state index contributed by atoms with van der Waals surface area (Å²) in [6.45, 7) is 4.20. The Bertz CT molecular complexity index is 581. The Labute approximate surface area is 135 Å². The van der Waals surface area contributed by atoms with Crippen LogP contribution in [0.1, 0.15) is 27.1 Å². The third-order valence-corrected chi connectivity index (χ3v) is 5.05. The van der Waals surface area contributed by atoms with Crippen LogP contribution in [0.2, 0.25) is 5.02 Å². The minimum Gasteiger partial charge on any atom is -0.0840 e. The van der Waals surface area contributed by atoms with E-state index in [4.69, 9.17) is 11.6 Å². The van der Waals surface area contributed by atoms with Crippen molar-refractivity contribution in [3.05, 3.63) is 67.2 Å². The van der Waals surface area contributed by atoms with Gasteiger partial charge < -0.3 is 0 Å². The summed E-state index contributed by atoms with van der Waals surface area (Å²) in [7, 11) is 0.